The van der Waals surface area contributed by atoms with Gasteiger partial charge in [-0.05, 0) is 25.0 Å². The van der Waals surface area contributed by atoms with Crippen molar-refractivity contribution in [1.29, 1.82) is 0 Å². The minimum Gasteiger partial charge on any atom is -0.322 e. The molecule has 0 amide bonds. The summed E-state index contributed by atoms with van der Waals surface area (Å²) in [7, 11) is 0. The van der Waals surface area contributed by atoms with Crippen molar-refractivity contribution in [3.8, 4) is 11.3 Å². The summed E-state index contributed by atoms with van der Waals surface area (Å²) in [6, 6.07) is 7.78. The minimum atomic E-state index is 0.00151. The zero-order valence-corrected chi connectivity index (χ0v) is 12.3. The van der Waals surface area contributed by atoms with E-state index in [4.69, 9.17) is 17.3 Å². The number of hydrogen-bond donors (Lipinski definition) is 1. The number of benzene rings is 1. The Morgan fingerprint density at radius 1 is 1.33 bits per heavy atom. The van der Waals surface area contributed by atoms with Crippen molar-refractivity contribution < 1.29 is 0 Å². The normalized spacial score (nSPS) is 13.0. The summed E-state index contributed by atoms with van der Waals surface area (Å²) >= 11 is 7.69. The molecular formula is C14H17ClN2S. The molecule has 18 heavy (non-hydrogen) atoms. The first-order chi connectivity index (χ1) is 8.49. The molecule has 2 nitrogen and oxygen atoms in total. The summed E-state index contributed by atoms with van der Waals surface area (Å²) in [4.78, 5) is 5.86. The summed E-state index contributed by atoms with van der Waals surface area (Å²) in [6.45, 7) is 6.30. The monoisotopic (exact) mass is 280 g/mol. The molecule has 0 bridgehead atoms. The van der Waals surface area contributed by atoms with Gasteiger partial charge >= 0.3 is 0 Å². The van der Waals surface area contributed by atoms with E-state index < -0.39 is 0 Å². The summed E-state index contributed by atoms with van der Waals surface area (Å²) in [6.07, 6.45) is 0. The van der Waals surface area contributed by atoms with Gasteiger partial charge in [-0.2, -0.15) is 0 Å². The van der Waals surface area contributed by atoms with Gasteiger partial charge in [-0.15, -0.1) is 11.3 Å². The van der Waals surface area contributed by atoms with E-state index >= 15 is 0 Å². The molecule has 2 rings (SSSR count). The van der Waals surface area contributed by atoms with Crippen LogP contribution in [0.3, 0.4) is 0 Å². The molecule has 0 aliphatic rings. The fourth-order valence-corrected chi connectivity index (χ4v) is 3.06. The lowest BCUT2D eigenvalue weighted by atomic mass is 10.1. The fourth-order valence-electron chi connectivity index (χ4n) is 1.75. The van der Waals surface area contributed by atoms with Gasteiger partial charge in [0.1, 0.15) is 5.01 Å². The molecule has 1 unspecified atom stereocenters. The van der Waals surface area contributed by atoms with Gasteiger partial charge in [0.2, 0.25) is 0 Å². The Balaban J connectivity index is 2.41. The lowest BCUT2D eigenvalue weighted by Gasteiger charge is -2.11. The first kappa shape index (κ1) is 13.5. The maximum atomic E-state index is 6.15. The van der Waals surface area contributed by atoms with E-state index in [1.54, 1.807) is 11.3 Å². The quantitative estimate of drug-likeness (QED) is 0.903. The molecule has 4 heteroatoms. The molecule has 1 aromatic heterocycles. The average molecular weight is 281 g/mol. The number of aryl methyl sites for hydroxylation is 1. The largest absolute Gasteiger partial charge is 0.322 e. The zero-order chi connectivity index (χ0) is 13.3. The number of thiazole rings is 1. The van der Waals surface area contributed by atoms with Gasteiger partial charge in [-0.25, -0.2) is 4.98 Å². The molecule has 2 N–H and O–H groups in total. The van der Waals surface area contributed by atoms with E-state index in [0.29, 0.717) is 5.92 Å². The zero-order valence-electron chi connectivity index (χ0n) is 10.8. The molecule has 0 fully saturated rings. The Morgan fingerprint density at radius 3 is 2.67 bits per heavy atom. The Kier molecular flexibility index (Phi) is 4.05. The van der Waals surface area contributed by atoms with Gasteiger partial charge in [0.05, 0.1) is 11.7 Å². The molecule has 0 saturated heterocycles. The molecule has 0 aliphatic carbocycles. The van der Waals surface area contributed by atoms with Crippen LogP contribution in [0.1, 0.15) is 29.8 Å². The van der Waals surface area contributed by atoms with Crippen molar-refractivity contribution in [2.45, 2.75) is 26.8 Å². The molecule has 0 spiro atoms. The van der Waals surface area contributed by atoms with E-state index in [1.807, 2.05) is 24.3 Å². The van der Waals surface area contributed by atoms with Crippen LogP contribution in [0.4, 0.5) is 0 Å². The highest BCUT2D eigenvalue weighted by molar-refractivity contribution is 7.12. The van der Waals surface area contributed by atoms with Crippen molar-refractivity contribution in [1.82, 2.24) is 4.98 Å². The molecular weight excluding hydrogens is 264 g/mol. The molecule has 0 radical (unpaired) electrons. The number of aromatic nitrogens is 1. The third kappa shape index (κ3) is 2.74. The van der Waals surface area contributed by atoms with Gasteiger partial charge in [0.15, 0.2) is 0 Å². The van der Waals surface area contributed by atoms with Gasteiger partial charge < -0.3 is 5.73 Å². The summed E-state index contributed by atoms with van der Waals surface area (Å²) in [5, 5.41) is 1.73. The molecule has 96 valence electrons. The van der Waals surface area contributed by atoms with Gasteiger partial charge in [0.25, 0.3) is 0 Å². The van der Waals surface area contributed by atoms with Crippen LogP contribution in [0.2, 0.25) is 5.02 Å². The number of nitrogens with two attached hydrogens (primary N) is 1. The summed E-state index contributed by atoms with van der Waals surface area (Å²) < 4.78 is 0. The van der Waals surface area contributed by atoms with Crippen LogP contribution in [0, 0.1) is 12.8 Å². The van der Waals surface area contributed by atoms with E-state index in [-0.39, 0.29) is 6.04 Å². The van der Waals surface area contributed by atoms with Crippen molar-refractivity contribution in [3.63, 3.8) is 0 Å². The maximum Gasteiger partial charge on any atom is 0.111 e. The second-order valence-corrected chi connectivity index (χ2v) is 6.41. The van der Waals surface area contributed by atoms with E-state index in [2.05, 4.69) is 25.8 Å². The number of halogens is 1. The lowest BCUT2D eigenvalue weighted by Crippen LogP contribution is -2.16. The third-order valence-electron chi connectivity index (χ3n) is 2.91. The maximum absolute atomic E-state index is 6.15. The van der Waals surface area contributed by atoms with E-state index in [0.717, 1.165) is 21.3 Å². The lowest BCUT2D eigenvalue weighted by molar-refractivity contribution is 0.512. The van der Waals surface area contributed by atoms with E-state index in [1.165, 1.54) is 4.88 Å². The first-order valence-electron chi connectivity index (χ1n) is 5.98. The van der Waals surface area contributed by atoms with Crippen LogP contribution in [0.15, 0.2) is 24.3 Å². The Labute approximate surface area is 117 Å². The van der Waals surface area contributed by atoms with Crippen LogP contribution < -0.4 is 5.73 Å². The predicted octanol–water partition coefficient (Wildman–Crippen LogP) is 4.43. The highest BCUT2D eigenvalue weighted by atomic mass is 35.5. The first-order valence-corrected chi connectivity index (χ1v) is 7.17. The van der Waals surface area contributed by atoms with Crippen LogP contribution in [0.25, 0.3) is 11.3 Å². The van der Waals surface area contributed by atoms with Crippen molar-refractivity contribution in [2.24, 2.45) is 11.7 Å². The fraction of sp³-hybridized carbons (Fsp3) is 0.357. The highest BCUT2D eigenvalue weighted by Crippen LogP contribution is 2.32. The predicted molar refractivity (Wildman–Crippen MR) is 79.1 cm³/mol. The molecule has 2 aromatic rings. The van der Waals surface area contributed by atoms with Crippen LogP contribution in [-0.4, -0.2) is 4.98 Å². The molecule has 1 aromatic carbocycles. The van der Waals surface area contributed by atoms with Crippen molar-refractivity contribution in [2.75, 3.05) is 0 Å². The van der Waals surface area contributed by atoms with Crippen LogP contribution in [-0.2, 0) is 0 Å². The summed E-state index contributed by atoms with van der Waals surface area (Å²) in [5.74, 6) is 0.391. The topological polar surface area (TPSA) is 38.9 Å². The van der Waals surface area contributed by atoms with Gasteiger partial charge in [-0.3, -0.25) is 0 Å². The van der Waals surface area contributed by atoms with E-state index in [9.17, 15) is 0 Å². The SMILES string of the molecule is Cc1sc(C(N)C(C)C)nc1-c1cccc(Cl)c1. The second-order valence-electron chi connectivity index (χ2n) is 4.74. The Morgan fingerprint density at radius 2 is 2.06 bits per heavy atom. The number of rotatable bonds is 3. The van der Waals surface area contributed by atoms with Gasteiger partial charge in [-0.1, -0.05) is 37.6 Å². The van der Waals surface area contributed by atoms with Crippen LogP contribution in [0.5, 0.6) is 0 Å². The molecule has 0 aliphatic heterocycles. The smallest absolute Gasteiger partial charge is 0.111 e. The summed E-state index contributed by atoms with van der Waals surface area (Å²) in [5.41, 5.74) is 8.20. The number of hydrogen-bond acceptors (Lipinski definition) is 3. The molecule has 0 saturated carbocycles. The Hall–Kier alpha value is -0.900. The van der Waals surface area contributed by atoms with Crippen LogP contribution >= 0.6 is 22.9 Å². The third-order valence-corrected chi connectivity index (χ3v) is 4.22. The molecule has 1 atom stereocenters. The Bertz CT molecular complexity index is 548. The molecule has 1 heterocycles. The number of nitrogens with zero attached hydrogens (tertiary/aromatic N) is 1. The van der Waals surface area contributed by atoms with Crippen molar-refractivity contribution >= 4 is 22.9 Å². The minimum absolute atomic E-state index is 0.00151. The van der Waals surface area contributed by atoms with Crippen molar-refractivity contribution in [3.05, 3.63) is 39.2 Å². The standard InChI is InChI=1S/C14H17ClN2S/c1-8(2)12(16)14-17-13(9(3)18-14)10-5-4-6-11(15)7-10/h4-8,12H,16H2,1-3H3. The highest BCUT2D eigenvalue weighted by Gasteiger charge is 2.17. The second kappa shape index (κ2) is 5.39. The van der Waals surface area contributed by atoms with Gasteiger partial charge in [0, 0.05) is 15.5 Å². The average Bonchev–Trinajstić information content (AvgIpc) is 2.70.